The molecule has 9 N–H and O–H groups in total. The zero-order valence-corrected chi connectivity index (χ0v) is 62.2. The van der Waals surface area contributed by atoms with E-state index in [2.05, 4.69) is 26.6 Å². The summed E-state index contributed by atoms with van der Waals surface area (Å²) in [7, 11) is -9.27. The lowest BCUT2D eigenvalue weighted by Gasteiger charge is -2.39. The first kappa shape index (κ1) is 79.1. The lowest BCUT2D eigenvalue weighted by molar-refractivity contribution is -0.151. The highest BCUT2D eigenvalue weighted by Crippen LogP contribution is 2.53. The Kier molecular flexibility index (Phi) is 26.4. The maximum absolute atomic E-state index is 14.6. The van der Waals surface area contributed by atoms with Crippen LogP contribution in [0.1, 0.15) is 119 Å². The van der Waals surface area contributed by atoms with E-state index < -0.39 is 68.8 Å². The molecule has 6 aromatic rings. The molecule has 0 radical (unpaired) electrons. The van der Waals surface area contributed by atoms with Gasteiger partial charge in [0, 0.05) is 109 Å². The van der Waals surface area contributed by atoms with Crippen molar-refractivity contribution >= 4 is 149 Å². The zero-order chi connectivity index (χ0) is 76.0. The largest absolute Gasteiger partial charge is 0.527 e. The topological polar surface area (TPSA) is 370 Å². The number of halogens is 2. The van der Waals surface area contributed by atoms with Crippen LogP contribution in [-0.2, 0) is 63.1 Å². The fourth-order valence-corrected chi connectivity index (χ4v) is 15.2. The van der Waals surface area contributed by atoms with Crippen LogP contribution >= 0.6 is 38.8 Å². The molecule has 0 aromatic heterocycles. The first-order valence-corrected chi connectivity index (χ1v) is 38.9. The maximum Gasteiger partial charge on any atom is 0.527 e. The predicted molar refractivity (Wildman–Crippen MR) is 403 cm³/mol. The standard InChI is InChI=1S/C75H85Cl2N9O18P2/c1-46(2)43-101-105(96,97)103-62-37-60-68(56-16-8-6-14-54(56)62)51(39-76)41-85(60)66(89)27-22-48-19-23-50(24-28-67(90)86-42-52(40-77)69-57-17-9-7-15-55(57)63(38-61(69)86)104-106(98,99)102-44-47(3)4)59(36-48)83-74(95)100-45-49-20-25-53(26-21-49)81-70(91)58(18-12-34-80-73(78)94)82-72(93)75(31-13-32-75)71(92)79-33-10-5-11-35-84-64(87)29-30-65(84)88/h6-9,14-17,19-30,36-38,46-47,51-52,58H,5,10-13,18,31-35,39-45H2,1-4H3,(H,79,92)(H,81,91)(H,82,93)(H,83,95)(H,96,97)(H,98,99)(H3,78,80,94)/b27-22+,28-24+/t51-,52-,58+/m1/s1. The van der Waals surface area contributed by atoms with Crippen molar-refractivity contribution < 1.29 is 84.9 Å². The zero-order valence-electron chi connectivity index (χ0n) is 58.9. The van der Waals surface area contributed by atoms with Crippen LogP contribution in [0.4, 0.5) is 32.3 Å². The molecule has 1 fully saturated rings. The second kappa shape index (κ2) is 35.3. The van der Waals surface area contributed by atoms with Gasteiger partial charge in [-0.25, -0.2) is 18.7 Å². The molecule has 106 heavy (non-hydrogen) atoms. The summed E-state index contributed by atoms with van der Waals surface area (Å²) < 4.78 is 54.2. The van der Waals surface area contributed by atoms with E-state index in [1.807, 2.05) is 39.8 Å². The van der Waals surface area contributed by atoms with Crippen molar-refractivity contribution in [1.82, 2.24) is 20.9 Å². The first-order chi connectivity index (χ1) is 50.7. The Morgan fingerprint density at radius 1 is 0.651 bits per heavy atom. The van der Waals surface area contributed by atoms with Gasteiger partial charge >= 0.3 is 27.8 Å². The van der Waals surface area contributed by atoms with Gasteiger partial charge in [0.1, 0.15) is 29.6 Å². The number of carbonyl (C=O) groups is 9. The highest BCUT2D eigenvalue weighted by atomic mass is 35.5. The number of imide groups is 1. The van der Waals surface area contributed by atoms with Crippen LogP contribution in [0.3, 0.4) is 0 Å². The number of benzene rings is 6. The van der Waals surface area contributed by atoms with Gasteiger partial charge in [-0.15, -0.1) is 23.2 Å². The van der Waals surface area contributed by atoms with Gasteiger partial charge in [0.2, 0.25) is 17.7 Å². The molecular formula is C75H85Cl2N9O18P2. The van der Waals surface area contributed by atoms with Gasteiger partial charge in [-0.1, -0.05) is 107 Å². The van der Waals surface area contributed by atoms with Crippen molar-refractivity contribution in [3.05, 3.63) is 155 Å². The lowest BCUT2D eigenvalue weighted by Crippen LogP contribution is -2.58. The minimum Gasteiger partial charge on any atom is -0.444 e. The van der Waals surface area contributed by atoms with E-state index >= 15 is 0 Å². The lowest BCUT2D eigenvalue weighted by atomic mass is 9.67. The minimum atomic E-state index is -4.65. The average Bonchev–Trinajstić information content (AvgIpc) is 1.59. The van der Waals surface area contributed by atoms with Crippen molar-refractivity contribution in [2.75, 3.05) is 78.1 Å². The molecule has 3 aliphatic heterocycles. The van der Waals surface area contributed by atoms with Crippen LogP contribution < -0.4 is 51.2 Å². The van der Waals surface area contributed by atoms with Crippen molar-refractivity contribution in [3.63, 3.8) is 0 Å². The number of phosphoric ester groups is 2. The molecule has 1 aliphatic carbocycles. The molecule has 0 spiro atoms. The van der Waals surface area contributed by atoms with E-state index in [1.165, 1.54) is 58.4 Å². The number of ether oxygens (including phenoxy) is 1. The molecule has 10 amide bonds. The third-order valence-electron chi connectivity index (χ3n) is 18.4. The van der Waals surface area contributed by atoms with Crippen molar-refractivity contribution in [2.24, 2.45) is 23.0 Å². The Bertz CT molecular complexity index is 4530. The number of carbonyl (C=O) groups excluding carboxylic acids is 9. The van der Waals surface area contributed by atoms with Crippen LogP contribution in [-0.4, -0.2) is 132 Å². The number of urea groups is 1. The number of primary amides is 1. The average molecular weight is 1530 g/mol. The molecule has 562 valence electrons. The number of rotatable bonds is 34. The third kappa shape index (κ3) is 19.6. The number of hydrogen-bond donors (Lipinski definition) is 8. The summed E-state index contributed by atoms with van der Waals surface area (Å²) in [4.78, 5) is 146. The van der Waals surface area contributed by atoms with Gasteiger partial charge in [0.25, 0.3) is 23.6 Å². The number of unbranched alkanes of at least 4 members (excludes halogenated alkanes) is 2. The van der Waals surface area contributed by atoms with Crippen molar-refractivity contribution in [2.45, 2.75) is 104 Å². The quantitative estimate of drug-likeness (QED) is 0.00464. The van der Waals surface area contributed by atoms with Crippen LogP contribution in [0.25, 0.3) is 33.7 Å². The van der Waals surface area contributed by atoms with Gasteiger partial charge in [0.05, 0.1) is 30.3 Å². The number of anilines is 4. The second-order valence-corrected chi connectivity index (χ2v) is 30.5. The van der Waals surface area contributed by atoms with E-state index in [0.717, 1.165) is 16.0 Å². The van der Waals surface area contributed by atoms with Gasteiger partial charge in [-0.05, 0) is 126 Å². The second-order valence-electron chi connectivity index (χ2n) is 27.1. The van der Waals surface area contributed by atoms with E-state index in [4.69, 9.17) is 51.8 Å². The number of hydrogen-bond acceptors (Lipinski definition) is 16. The Balaban J connectivity index is 0.856. The van der Waals surface area contributed by atoms with Crippen LogP contribution in [0, 0.1) is 17.3 Å². The normalized spacial score (nSPS) is 17.3. The molecule has 31 heteroatoms. The van der Waals surface area contributed by atoms with Crippen LogP contribution in [0.5, 0.6) is 11.5 Å². The highest BCUT2D eigenvalue weighted by molar-refractivity contribution is 7.48. The fourth-order valence-electron chi connectivity index (χ4n) is 12.8. The smallest absolute Gasteiger partial charge is 0.444 e. The number of nitrogens with two attached hydrogens (primary N) is 1. The van der Waals surface area contributed by atoms with E-state index in [0.29, 0.717) is 81.0 Å². The summed E-state index contributed by atoms with van der Waals surface area (Å²) in [5, 5.41) is 16.0. The predicted octanol–water partition coefficient (Wildman–Crippen LogP) is 12.1. The number of nitrogens with one attached hydrogen (secondary N) is 5. The summed E-state index contributed by atoms with van der Waals surface area (Å²) in [6.45, 7) is 7.74. The Hall–Kier alpha value is -9.43. The van der Waals surface area contributed by atoms with Gasteiger partial charge < -0.3 is 50.6 Å². The molecule has 0 bridgehead atoms. The molecule has 10 rings (SSSR count). The van der Waals surface area contributed by atoms with E-state index in [1.54, 1.807) is 78.9 Å². The number of phosphoric acid groups is 2. The minimum absolute atomic E-state index is 0.00413. The number of fused-ring (bicyclic) bond motifs is 6. The van der Waals surface area contributed by atoms with Crippen molar-refractivity contribution in [3.8, 4) is 11.5 Å². The third-order valence-corrected chi connectivity index (χ3v) is 20.9. The molecule has 1 saturated carbocycles. The highest BCUT2D eigenvalue weighted by Gasteiger charge is 2.51. The summed E-state index contributed by atoms with van der Waals surface area (Å²) in [6, 6.07) is 26.4. The van der Waals surface area contributed by atoms with Crippen molar-refractivity contribution in [1.29, 1.82) is 0 Å². The molecule has 0 saturated heterocycles. The molecule has 2 unspecified atom stereocenters. The molecule has 6 aromatic carbocycles. The van der Waals surface area contributed by atoms with Crippen LogP contribution in [0.2, 0.25) is 0 Å². The summed E-state index contributed by atoms with van der Waals surface area (Å²) in [5.41, 5.74) is 7.73. The Labute approximate surface area is 622 Å². The summed E-state index contributed by atoms with van der Waals surface area (Å²) in [6.07, 6.45) is 10.1. The van der Waals surface area contributed by atoms with Gasteiger partial charge in [-0.3, -0.25) is 62.6 Å². The maximum atomic E-state index is 14.6. The number of nitrogens with zero attached hydrogens (tertiary/aromatic N) is 3. The first-order valence-electron chi connectivity index (χ1n) is 34.9. The van der Waals surface area contributed by atoms with E-state index in [9.17, 15) is 62.1 Å². The summed E-state index contributed by atoms with van der Waals surface area (Å²) in [5.74, 6) is -4.10. The molecule has 5 atom stereocenters. The van der Waals surface area contributed by atoms with Gasteiger partial charge in [-0.2, -0.15) is 0 Å². The van der Waals surface area contributed by atoms with Crippen LogP contribution in [0.15, 0.2) is 127 Å². The Morgan fingerprint density at radius 3 is 1.71 bits per heavy atom. The molecular weight excluding hydrogens is 1450 g/mol. The fraction of sp³-hybridized carbons (Fsp3) is 0.373. The number of alkyl halides is 2. The Morgan fingerprint density at radius 2 is 1.19 bits per heavy atom. The molecule has 3 heterocycles. The summed E-state index contributed by atoms with van der Waals surface area (Å²) >= 11 is 13.2. The molecule has 27 nitrogen and oxygen atoms in total. The SMILES string of the molecule is CC(C)COP(=O)(O)Oc1cc2c(c3ccccc13)[C@H](CCl)CN2C(=O)/C=C/c1ccc(/C=C/C(=O)N2C[C@@H](CCl)c3c2cc(OP(=O)(O)OCC(C)C)c2ccccc32)c(NC(=O)OCc2ccc(NC(=O)[C@H](CCCNC(N)=O)NC(=O)C3(C(=O)NCCCCCN4C(=O)C=CC4=O)CCC3)cc2)c1. The molecule has 4 aliphatic rings. The monoisotopic (exact) mass is 1530 g/mol. The van der Waals surface area contributed by atoms with Gasteiger partial charge in [0.15, 0.2) is 0 Å². The van der Waals surface area contributed by atoms with E-state index in [-0.39, 0.29) is 143 Å². The number of amides is 10.